The molecule has 4 nitrogen and oxygen atoms in total. The molecule has 0 saturated carbocycles. The van der Waals surface area contributed by atoms with Gasteiger partial charge in [0.15, 0.2) is 11.6 Å². The van der Waals surface area contributed by atoms with Gasteiger partial charge in [0.1, 0.15) is 12.4 Å². The van der Waals surface area contributed by atoms with Crippen LogP contribution < -0.4 is 4.74 Å². The molecule has 0 fully saturated rings. The van der Waals surface area contributed by atoms with Gasteiger partial charge in [-0.3, -0.25) is 9.59 Å². The Hall–Kier alpha value is -2.70. The lowest BCUT2D eigenvalue weighted by atomic mass is 9.64. The average molecular weight is 677 g/mol. The molecule has 0 amide bonds. The van der Waals surface area contributed by atoms with Gasteiger partial charge in [0.05, 0.1) is 8.95 Å². The van der Waals surface area contributed by atoms with Crippen molar-refractivity contribution in [3.8, 4) is 5.75 Å². The molecule has 0 spiro atoms. The molecule has 1 aliphatic heterocycles. The molecule has 1 heterocycles. The molecule has 3 aliphatic rings. The zero-order valence-electron chi connectivity index (χ0n) is 24.2. The number of nitrogens with zero attached hydrogens (tertiary/aromatic N) is 1. The van der Waals surface area contributed by atoms with Crippen molar-refractivity contribution in [1.82, 2.24) is 4.90 Å². The van der Waals surface area contributed by atoms with Gasteiger partial charge in [-0.1, -0.05) is 70.2 Å². The molecule has 0 unspecified atom stereocenters. The normalized spacial score (nSPS) is 20.4. The van der Waals surface area contributed by atoms with Crippen LogP contribution in [-0.4, -0.2) is 23.5 Å². The van der Waals surface area contributed by atoms with Gasteiger partial charge >= 0.3 is 0 Å². The van der Waals surface area contributed by atoms with Gasteiger partial charge < -0.3 is 9.64 Å². The Bertz CT molecular complexity index is 1600. The summed E-state index contributed by atoms with van der Waals surface area (Å²) in [6.45, 7) is 9.05. The molecule has 0 saturated heterocycles. The highest BCUT2D eigenvalue weighted by atomic mass is 79.9. The van der Waals surface area contributed by atoms with Gasteiger partial charge in [-0.2, -0.15) is 0 Å². The number of allylic oxidation sites excluding steroid dienone is 4. The van der Waals surface area contributed by atoms with Gasteiger partial charge in [-0.25, -0.2) is 0 Å². The van der Waals surface area contributed by atoms with E-state index >= 15 is 0 Å². The highest BCUT2D eigenvalue weighted by molar-refractivity contribution is 9.11. The molecule has 0 bridgehead atoms. The molecule has 3 aromatic rings. The van der Waals surface area contributed by atoms with Crippen LogP contribution in [0.15, 0.2) is 86.1 Å². The van der Waals surface area contributed by atoms with Crippen LogP contribution in [0.5, 0.6) is 5.75 Å². The largest absolute Gasteiger partial charge is 0.487 e. The summed E-state index contributed by atoms with van der Waals surface area (Å²) in [7, 11) is 2.04. The van der Waals surface area contributed by atoms with E-state index in [1.807, 2.05) is 31.3 Å². The summed E-state index contributed by atoms with van der Waals surface area (Å²) in [5, 5.41) is 2.35. The topological polar surface area (TPSA) is 46.6 Å². The number of rotatable bonds is 4. The third-order valence-electron chi connectivity index (χ3n) is 8.79. The van der Waals surface area contributed by atoms with E-state index in [4.69, 9.17) is 4.74 Å². The summed E-state index contributed by atoms with van der Waals surface area (Å²) in [6, 6.07) is 18.6. The summed E-state index contributed by atoms with van der Waals surface area (Å²) in [5.74, 6) is 0.593. The number of carbonyl (C=O) groups is 2. The summed E-state index contributed by atoms with van der Waals surface area (Å²) < 4.78 is 7.95. The van der Waals surface area contributed by atoms with E-state index in [2.05, 4.69) is 94.8 Å². The Morgan fingerprint density at radius 1 is 0.805 bits per heavy atom. The van der Waals surface area contributed by atoms with Crippen molar-refractivity contribution in [2.45, 2.75) is 65.9 Å². The van der Waals surface area contributed by atoms with Crippen molar-refractivity contribution in [1.29, 1.82) is 0 Å². The van der Waals surface area contributed by atoms with Crippen LogP contribution in [0.4, 0.5) is 0 Å². The van der Waals surface area contributed by atoms with Crippen LogP contribution in [0.2, 0.25) is 0 Å². The van der Waals surface area contributed by atoms with E-state index in [9.17, 15) is 9.59 Å². The Morgan fingerprint density at radius 2 is 1.34 bits per heavy atom. The minimum atomic E-state index is -0.386. The molecule has 0 atom stereocenters. The van der Waals surface area contributed by atoms with Crippen LogP contribution >= 0.6 is 31.9 Å². The van der Waals surface area contributed by atoms with E-state index < -0.39 is 0 Å². The average Bonchev–Trinajstić information content (AvgIpc) is 2.88. The van der Waals surface area contributed by atoms with Crippen LogP contribution in [0.1, 0.15) is 70.4 Å². The first kappa shape index (κ1) is 28.4. The van der Waals surface area contributed by atoms with Crippen molar-refractivity contribution in [2.24, 2.45) is 10.8 Å². The maximum atomic E-state index is 13.8. The maximum Gasteiger partial charge on any atom is 0.162 e. The number of hydrogen-bond donors (Lipinski definition) is 0. The fourth-order valence-corrected chi connectivity index (χ4v) is 8.40. The quantitative estimate of drug-likeness (QED) is 0.276. The molecule has 41 heavy (non-hydrogen) atoms. The lowest BCUT2D eigenvalue weighted by Crippen LogP contribution is -2.43. The third kappa shape index (κ3) is 5.12. The molecular weight excluding hydrogens is 642 g/mol. The molecule has 0 N–H and O–H groups in total. The number of ether oxygens (including phenoxy) is 1. The molecule has 6 rings (SSSR count). The molecule has 0 radical (unpaired) electrons. The predicted octanol–water partition coefficient (Wildman–Crippen LogP) is 9.26. The molecule has 6 heteroatoms. The standard InChI is InChI=1S/C35H35Br2NO3/c1-34(2)15-26-31(28(39)17-34)30(32-27(38(26)5)16-35(3,4)18-29(32)40)22-13-24(36)33(25(37)14-22)41-19-21-11-8-10-20-9-6-7-12-23(20)21/h6-14,30H,15-19H2,1-5H3. The Balaban J connectivity index is 1.42. The van der Waals surface area contributed by atoms with E-state index in [0.717, 1.165) is 55.5 Å². The minimum absolute atomic E-state index is 0.124. The number of ketones is 2. The van der Waals surface area contributed by atoms with Gasteiger partial charge in [-0.15, -0.1) is 0 Å². The van der Waals surface area contributed by atoms with E-state index in [1.165, 1.54) is 10.8 Å². The van der Waals surface area contributed by atoms with E-state index in [0.29, 0.717) is 25.2 Å². The Morgan fingerprint density at radius 3 is 1.93 bits per heavy atom. The van der Waals surface area contributed by atoms with Gasteiger partial charge in [0.25, 0.3) is 0 Å². The van der Waals surface area contributed by atoms with Gasteiger partial charge in [0.2, 0.25) is 0 Å². The van der Waals surface area contributed by atoms with E-state index in [-0.39, 0.29) is 28.3 Å². The number of carbonyl (C=O) groups excluding carboxylic acids is 2. The monoisotopic (exact) mass is 675 g/mol. The first-order chi connectivity index (χ1) is 19.3. The molecule has 0 aromatic heterocycles. The van der Waals surface area contributed by atoms with Crippen LogP contribution in [0, 0.1) is 10.8 Å². The molecule has 3 aromatic carbocycles. The second kappa shape index (κ2) is 10.2. The highest BCUT2D eigenvalue weighted by Gasteiger charge is 2.48. The SMILES string of the molecule is CN1C2=C(C(=O)CC(C)(C)C2)C(c2cc(Br)c(OCc3cccc4ccccc34)c(Br)c2)C2=C1CC(C)(C)CC2=O. The lowest BCUT2D eigenvalue weighted by Gasteiger charge is -2.48. The van der Waals surface area contributed by atoms with Gasteiger partial charge in [-0.05, 0) is 89.6 Å². The summed E-state index contributed by atoms with van der Waals surface area (Å²) in [4.78, 5) is 29.8. The fourth-order valence-electron chi connectivity index (χ4n) is 6.95. The summed E-state index contributed by atoms with van der Waals surface area (Å²) in [5.41, 5.74) is 5.46. The fraction of sp³-hybridized carbons (Fsp3) is 0.371. The minimum Gasteiger partial charge on any atom is -0.487 e. The van der Waals surface area contributed by atoms with Crippen LogP contribution in [0.25, 0.3) is 10.8 Å². The second-order valence-electron chi connectivity index (χ2n) is 13.3. The molecule has 212 valence electrons. The number of Topliss-reactive ketones (excluding diaryl/α,β-unsaturated/α-hetero) is 2. The van der Waals surface area contributed by atoms with E-state index in [1.54, 1.807) is 0 Å². The van der Waals surface area contributed by atoms with Crippen molar-refractivity contribution in [3.05, 3.63) is 97.2 Å². The lowest BCUT2D eigenvalue weighted by molar-refractivity contribution is -0.119. The van der Waals surface area contributed by atoms with Crippen molar-refractivity contribution < 1.29 is 14.3 Å². The molecular formula is C35H35Br2NO3. The zero-order chi connectivity index (χ0) is 29.3. The second-order valence-corrected chi connectivity index (χ2v) is 15.0. The van der Waals surface area contributed by atoms with Crippen LogP contribution in [-0.2, 0) is 16.2 Å². The van der Waals surface area contributed by atoms with Crippen LogP contribution in [0.3, 0.4) is 0 Å². The van der Waals surface area contributed by atoms with Gasteiger partial charge in [0, 0.05) is 48.3 Å². The number of hydrogen-bond acceptors (Lipinski definition) is 4. The molecule has 2 aliphatic carbocycles. The van der Waals surface area contributed by atoms with Crippen molar-refractivity contribution in [3.63, 3.8) is 0 Å². The number of benzene rings is 3. The smallest absolute Gasteiger partial charge is 0.162 e. The Kier molecular flexibility index (Phi) is 7.09. The summed E-state index contributed by atoms with van der Waals surface area (Å²) >= 11 is 7.55. The highest BCUT2D eigenvalue weighted by Crippen LogP contribution is 2.54. The van der Waals surface area contributed by atoms with Crippen molar-refractivity contribution in [2.75, 3.05) is 7.05 Å². The predicted molar refractivity (Wildman–Crippen MR) is 171 cm³/mol. The maximum absolute atomic E-state index is 13.8. The first-order valence-corrected chi connectivity index (χ1v) is 15.8. The first-order valence-electron chi connectivity index (χ1n) is 14.2. The van der Waals surface area contributed by atoms with Crippen molar-refractivity contribution >= 4 is 54.2 Å². The zero-order valence-corrected chi connectivity index (χ0v) is 27.4. The third-order valence-corrected chi connectivity index (χ3v) is 9.96. The Labute approximate surface area is 259 Å². The number of halogens is 2. The number of fused-ring (bicyclic) bond motifs is 1. The summed E-state index contributed by atoms with van der Waals surface area (Å²) in [6.07, 6.45) is 2.57.